The van der Waals surface area contributed by atoms with Gasteiger partial charge >= 0.3 is 0 Å². The van der Waals surface area contributed by atoms with Crippen LogP contribution in [0, 0.1) is 13.8 Å². The van der Waals surface area contributed by atoms with Crippen LogP contribution in [-0.2, 0) is 6.54 Å². The Kier molecular flexibility index (Phi) is 4.37. The number of nitrogens with one attached hydrogen (secondary N) is 2. The molecule has 3 heterocycles. The predicted octanol–water partition coefficient (Wildman–Crippen LogP) is 3.79. The SMILES string of the molecule is Cc1cc(C)c(CNC(=O)c2ccc(-c3nc4ccccc4s3)o2)c(=O)[nH]1. The molecule has 6 nitrogen and oxygen atoms in total. The molecule has 0 aliphatic heterocycles. The van der Waals surface area contributed by atoms with Gasteiger partial charge in [-0.1, -0.05) is 12.1 Å². The van der Waals surface area contributed by atoms with Crippen molar-refractivity contribution in [1.82, 2.24) is 15.3 Å². The monoisotopic (exact) mass is 379 g/mol. The molecular formula is C20H17N3O3S. The Morgan fingerprint density at radius 2 is 2.04 bits per heavy atom. The number of amides is 1. The Balaban J connectivity index is 1.51. The first-order chi connectivity index (χ1) is 13.0. The highest BCUT2D eigenvalue weighted by Gasteiger charge is 2.15. The Morgan fingerprint density at radius 3 is 2.81 bits per heavy atom. The smallest absolute Gasteiger partial charge is 0.287 e. The number of para-hydroxylation sites is 1. The normalized spacial score (nSPS) is 11.0. The second-order valence-electron chi connectivity index (χ2n) is 6.28. The second kappa shape index (κ2) is 6.85. The number of rotatable bonds is 4. The highest BCUT2D eigenvalue weighted by Crippen LogP contribution is 2.31. The molecule has 0 bridgehead atoms. The first-order valence-electron chi connectivity index (χ1n) is 8.44. The summed E-state index contributed by atoms with van der Waals surface area (Å²) in [6, 6.07) is 13.0. The van der Waals surface area contributed by atoms with Crippen LogP contribution in [0.1, 0.15) is 27.4 Å². The van der Waals surface area contributed by atoms with E-state index in [1.54, 1.807) is 12.1 Å². The molecule has 1 aromatic carbocycles. The molecule has 2 N–H and O–H groups in total. The standard InChI is InChI=1S/C20H17N3O3S/c1-11-9-12(2)22-18(24)13(11)10-21-19(25)15-7-8-16(26-15)20-23-14-5-3-4-6-17(14)27-20/h3-9H,10H2,1-2H3,(H,21,25)(H,22,24). The van der Waals surface area contributed by atoms with E-state index in [9.17, 15) is 9.59 Å². The Hall–Kier alpha value is -3.19. The van der Waals surface area contributed by atoms with Crippen LogP contribution in [0.2, 0.25) is 0 Å². The summed E-state index contributed by atoms with van der Waals surface area (Å²) in [6.07, 6.45) is 0. The number of fused-ring (bicyclic) bond motifs is 1. The number of aromatic amines is 1. The lowest BCUT2D eigenvalue weighted by Gasteiger charge is -2.07. The molecule has 0 unspecified atom stereocenters. The molecule has 27 heavy (non-hydrogen) atoms. The van der Waals surface area contributed by atoms with Crippen LogP contribution in [0.5, 0.6) is 0 Å². The van der Waals surface area contributed by atoms with Gasteiger partial charge in [-0.15, -0.1) is 11.3 Å². The van der Waals surface area contributed by atoms with Crippen molar-refractivity contribution in [3.63, 3.8) is 0 Å². The lowest BCUT2D eigenvalue weighted by molar-refractivity contribution is 0.0924. The van der Waals surface area contributed by atoms with E-state index in [1.165, 1.54) is 11.3 Å². The fourth-order valence-corrected chi connectivity index (χ4v) is 3.84. The number of H-pyrrole nitrogens is 1. The fourth-order valence-electron chi connectivity index (χ4n) is 2.91. The van der Waals surface area contributed by atoms with E-state index in [4.69, 9.17) is 4.42 Å². The van der Waals surface area contributed by atoms with Crippen molar-refractivity contribution in [3.8, 4) is 10.8 Å². The van der Waals surface area contributed by atoms with E-state index in [0.717, 1.165) is 26.5 Å². The summed E-state index contributed by atoms with van der Waals surface area (Å²) in [4.78, 5) is 31.7. The van der Waals surface area contributed by atoms with Gasteiger partial charge in [0.05, 0.1) is 10.2 Å². The minimum Gasteiger partial charge on any atom is -0.448 e. The van der Waals surface area contributed by atoms with Gasteiger partial charge in [0.15, 0.2) is 16.5 Å². The number of hydrogen-bond acceptors (Lipinski definition) is 5. The van der Waals surface area contributed by atoms with Gasteiger partial charge in [0.2, 0.25) is 0 Å². The summed E-state index contributed by atoms with van der Waals surface area (Å²) in [5.41, 5.74) is 2.87. The second-order valence-corrected chi connectivity index (χ2v) is 7.31. The average molecular weight is 379 g/mol. The van der Waals surface area contributed by atoms with Crippen molar-refractivity contribution in [2.24, 2.45) is 0 Å². The van der Waals surface area contributed by atoms with Crippen LogP contribution in [0.15, 0.2) is 51.7 Å². The quantitative estimate of drug-likeness (QED) is 0.565. The van der Waals surface area contributed by atoms with Crippen molar-refractivity contribution in [3.05, 3.63) is 75.4 Å². The molecule has 0 aliphatic carbocycles. The summed E-state index contributed by atoms with van der Waals surface area (Å²) in [5.74, 6) is 0.359. The summed E-state index contributed by atoms with van der Waals surface area (Å²) in [7, 11) is 0. The van der Waals surface area contributed by atoms with Gasteiger partial charge in [-0.3, -0.25) is 9.59 Å². The van der Waals surface area contributed by atoms with Crippen molar-refractivity contribution in [1.29, 1.82) is 0 Å². The van der Waals surface area contributed by atoms with Crippen LogP contribution in [0.4, 0.5) is 0 Å². The van der Waals surface area contributed by atoms with Gasteiger partial charge in [0.25, 0.3) is 11.5 Å². The molecule has 1 amide bonds. The number of pyridine rings is 1. The van der Waals surface area contributed by atoms with Crippen molar-refractivity contribution < 1.29 is 9.21 Å². The summed E-state index contributed by atoms with van der Waals surface area (Å²) in [5, 5.41) is 3.46. The molecule has 3 aromatic heterocycles. The third-order valence-corrected chi connectivity index (χ3v) is 5.30. The van der Waals surface area contributed by atoms with Gasteiger partial charge in [-0.25, -0.2) is 4.98 Å². The van der Waals surface area contributed by atoms with E-state index in [2.05, 4.69) is 15.3 Å². The molecule has 0 fully saturated rings. The average Bonchev–Trinajstić information content (AvgIpc) is 3.27. The van der Waals surface area contributed by atoms with E-state index in [-0.39, 0.29) is 23.8 Å². The van der Waals surface area contributed by atoms with E-state index >= 15 is 0 Å². The lowest BCUT2D eigenvalue weighted by Crippen LogP contribution is -2.27. The topological polar surface area (TPSA) is 88.0 Å². The van der Waals surface area contributed by atoms with Crippen molar-refractivity contribution >= 4 is 27.5 Å². The zero-order valence-electron chi connectivity index (χ0n) is 14.8. The Bertz CT molecular complexity index is 1170. The third kappa shape index (κ3) is 3.41. The van der Waals surface area contributed by atoms with E-state index < -0.39 is 0 Å². The zero-order chi connectivity index (χ0) is 19.0. The summed E-state index contributed by atoms with van der Waals surface area (Å²) >= 11 is 1.51. The van der Waals surface area contributed by atoms with Crippen LogP contribution in [0.25, 0.3) is 21.0 Å². The molecular weight excluding hydrogens is 362 g/mol. The Labute approximate surface area is 158 Å². The van der Waals surface area contributed by atoms with E-state index in [1.807, 2.05) is 44.2 Å². The predicted molar refractivity (Wildman–Crippen MR) is 105 cm³/mol. The van der Waals surface area contributed by atoms with Crippen LogP contribution in [0.3, 0.4) is 0 Å². The minimum absolute atomic E-state index is 0.136. The number of hydrogen-bond donors (Lipinski definition) is 2. The number of furan rings is 1. The fraction of sp³-hybridized carbons (Fsp3) is 0.150. The molecule has 4 rings (SSSR count). The van der Waals surface area contributed by atoms with Gasteiger partial charge in [0.1, 0.15) is 0 Å². The summed E-state index contributed by atoms with van der Waals surface area (Å²) in [6.45, 7) is 3.81. The molecule has 0 saturated carbocycles. The van der Waals surface area contributed by atoms with Gasteiger partial charge < -0.3 is 14.7 Å². The molecule has 7 heteroatoms. The van der Waals surface area contributed by atoms with Gasteiger partial charge in [0, 0.05) is 17.8 Å². The molecule has 0 radical (unpaired) electrons. The molecule has 0 atom stereocenters. The highest BCUT2D eigenvalue weighted by atomic mass is 32.1. The number of benzene rings is 1. The van der Waals surface area contributed by atoms with Crippen LogP contribution in [-0.4, -0.2) is 15.9 Å². The lowest BCUT2D eigenvalue weighted by atomic mass is 10.1. The van der Waals surface area contributed by atoms with Crippen LogP contribution < -0.4 is 10.9 Å². The van der Waals surface area contributed by atoms with Gasteiger partial charge in [-0.05, 0) is 49.7 Å². The number of thiazole rings is 1. The maximum atomic E-state index is 12.4. The number of nitrogens with zero attached hydrogens (tertiary/aromatic N) is 1. The first-order valence-corrected chi connectivity index (χ1v) is 9.26. The summed E-state index contributed by atoms with van der Waals surface area (Å²) < 4.78 is 6.74. The van der Waals surface area contributed by atoms with E-state index in [0.29, 0.717) is 11.3 Å². The maximum absolute atomic E-state index is 12.4. The molecule has 4 aromatic rings. The first kappa shape index (κ1) is 17.2. The number of carbonyl (C=O) groups excluding carboxylic acids is 1. The number of carbonyl (C=O) groups is 1. The number of aromatic nitrogens is 2. The van der Waals surface area contributed by atoms with Crippen molar-refractivity contribution in [2.75, 3.05) is 0 Å². The van der Waals surface area contributed by atoms with Crippen molar-refractivity contribution in [2.45, 2.75) is 20.4 Å². The van der Waals surface area contributed by atoms with Crippen LogP contribution >= 0.6 is 11.3 Å². The molecule has 0 spiro atoms. The molecule has 0 aliphatic rings. The third-order valence-electron chi connectivity index (χ3n) is 4.25. The zero-order valence-corrected chi connectivity index (χ0v) is 15.6. The Morgan fingerprint density at radius 1 is 1.22 bits per heavy atom. The maximum Gasteiger partial charge on any atom is 0.287 e. The highest BCUT2D eigenvalue weighted by molar-refractivity contribution is 7.21. The largest absolute Gasteiger partial charge is 0.448 e. The molecule has 0 saturated heterocycles. The van der Waals surface area contributed by atoms with Gasteiger partial charge in [-0.2, -0.15) is 0 Å². The number of aryl methyl sites for hydroxylation is 2. The minimum atomic E-state index is -0.373. The molecule has 136 valence electrons.